The van der Waals surface area contributed by atoms with Crippen LogP contribution >= 0.6 is 0 Å². The lowest BCUT2D eigenvalue weighted by Crippen LogP contribution is -2.35. The van der Waals surface area contributed by atoms with Gasteiger partial charge in [-0.15, -0.1) is 0 Å². The number of methoxy groups -OCH3 is 1. The average molecular weight is 273 g/mol. The van der Waals surface area contributed by atoms with Crippen LogP contribution in [0.2, 0.25) is 0 Å². The lowest BCUT2D eigenvalue weighted by molar-refractivity contribution is -0.137. The van der Waals surface area contributed by atoms with Crippen LogP contribution < -0.4 is 4.74 Å². The maximum Gasteiger partial charge on any atom is 0.318 e. The predicted octanol–water partition coefficient (Wildman–Crippen LogP) is 0.790. The van der Waals surface area contributed by atoms with Crippen LogP contribution in [0, 0.1) is 0 Å². The third kappa shape index (κ3) is 2.99. The highest BCUT2D eigenvalue weighted by atomic mass is 32.2. The second-order valence-corrected chi connectivity index (χ2v) is 5.38. The first-order valence-corrected chi connectivity index (χ1v) is 6.72. The molecular formula is C11H15NO5S. The van der Waals surface area contributed by atoms with E-state index in [1.807, 2.05) is 0 Å². The summed E-state index contributed by atoms with van der Waals surface area (Å²) in [5, 5.41) is 8.71. The van der Waals surface area contributed by atoms with Gasteiger partial charge in [0.2, 0.25) is 10.0 Å². The van der Waals surface area contributed by atoms with Crippen LogP contribution in [-0.2, 0) is 14.8 Å². The predicted molar refractivity (Wildman–Crippen MR) is 65.1 cm³/mol. The molecule has 7 heteroatoms. The molecule has 6 nitrogen and oxygen atoms in total. The van der Waals surface area contributed by atoms with Crippen molar-refractivity contribution in [1.82, 2.24) is 4.31 Å². The number of carboxylic acids is 1. The van der Waals surface area contributed by atoms with Gasteiger partial charge in [-0.05, 0) is 12.1 Å². The molecule has 0 saturated heterocycles. The van der Waals surface area contributed by atoms with Crippen LogP contribution in [0.4, 0.5) is 0 Å². The Kier molecular flexibility index (Phi) is 4.69. The summed E-state index contributed by atoms with van der Waals surface area (Å²) in [6.07, 6.45) is 0. The first kappa shape index (κ1) is 14.5. The van der Waals surface area contributed by atoms with Crippen molar-refractivity contribution in [2.75, 3.05) is 20.2 Å². The van der Waals surface area contributed by atoms with E-state index in [2.05, 4.69) is 0 Å². The Morgan fingerprint density at radius 1 is 1.39 bits per heavy atom. The van der Waals surface area contributed by atoms with Gasteiger partial charge < -0.3 is 9.84 Å². The molecule has 0 atom stereocenters. The van der Waals surface area contributed by atoms with Gasteiger partial charge in [-0.2, -0.15) is 4.31 Å². The molecule has 0 spiro atoms. The van der Waals surface area contributed by atoms with E-state index in [1.165, 1.54) is 19.2 Å². The van der Waals surface area contributed by atoms with E-state index in [0.717, 1.165) is 4.31 Å². The molecule has 0 bridgehead atoms. The lowest BCUT2D eigenvalue weighted by Gasteiger charge is -2.19. The van der Waals surface area contributed by atoms with E-state index in [1.54, 1.807) is 19.1 Å². The minimum atomic E-state index is -3.86. The average Bonchev–Trinajstić information content (AvgIpc) is 2.35. The number of hydrogen-bond acceptors (Lipinski definition) is 4. The van der Waals surface area contributed by atoms with Crippen LogP contribution in [0.5, 0.6) is 5.75 Å². The molecule has 0 heterocycles. The van der Waals surface area contributed by atoms with Crippen molar-refractivity contribution < 1.29 is 23.1 Å². The zero-order valence-corrected chi connectivity index (χ0v) is 11.0. The lowest BCUT2D eigenvalue weighted by atomic mass is 10.3. The maximum absolute atomic E-state index is 12.3. The van der Waals surface area contributed by atoms with Gasteiger partial charge in [0.1, 0.15) is 17.2 Å². The van der Waals surface area contributed by atoms with E-state index in [-0.39, 0.29) is 17.2 Å². The molecule has 0 aliphatic heterocycles. The van der Waals surface area contributed by atoms with Gasteiger partial charge in [0.25, 0.3) is 0 Å². The Labute approximate surface area is 106 Å². The normalized spacial score (nSPS) is 11.5. The molecule has 0 amide bonds. The number of aliphatic carboxylic acids is 1. The van der Waals surface area contributed by atoms with Crippen LogP contribution in [-0.4, -0.2) is 44.0 Å². The van der Waals surface area contributed by atoms with Gasteiger partial charge in [-0.3, -0.25) is 4.79 Å². The number of sulfonamides is 1. The quantitative estimate of drug-likeness (QED) is 0.828. The fourth-order valence-corrected chi connectivity index (χ4v) is 3.04. The number of para-hydroxylation sites is 1. The van der Waals surface area contributed by atoms with E-state index in [9.17, 15) is 13.2 Å². The molecule has 1 aromatic carbocycles. The SMILES string of the molecule is CCN(CC(=O)O)S(=O)(=O)c1ccccc1OC. The molecule has 0 aromatic heterocycles. The molecule has 0 aliphatic carbocycles. The summed E-state index contributed by atoms with van der Waals surface area (Å²) in [5.74, 6) is -1.00. The van der Waals surface area contributed by atoms with Gasteiger partial charge in [-0.1, -0.05) is 19.1 Å². The van der Waals surface area contributed by atoms with E-state index >= 15 is 0 Å². The summed E-state index contributed by atoms with van der Waals surface area (Å²) in [7, 11) is -2.50. The van der Waals surface area contributed by atoms with Gasteiger partial charge >= 0.3 is 5.97 Å². The largest absolute Gasteiger partial charge is 0.495 e. The van der Waals surface area contributed by atoms with Crippen LogP contribution in [0.3, 0.4) is 0 Å². The van der Waals surface area contributed by atoms with Crippen LogP contribution in [0.1, 0.15) is 6.92 Å². The Morgan fingerprint density at radius 3 is 2.50 bits per heavy atom. The number of carbonyl (C=O) groups is 1. The van der Waals surface area contributed by atoms with Crippen molar-refractivity contribution in [3.63, 3.8) is 0 Å². The highest BCUT2D eigenvalue weighted by molar-refractivity contribution is 7.89. The Balaban J connectivity index is 3.22. The van der Waals surface area contributed by atoms with Gasteiger partial charge in [0.15, 0.2) is 0 Å². The van der Waals surface area contributed by atoms with Gasteiger partial charge in [-0.25, -0.2) is 8.42 Å². The van der Waals surface area contributed by atoms with E-state index < -0.39 is 22.5 Å². The highest BCUT2D eigenvalue weighted by Gasteiger charge is 2.27. The maximum atomic E-state index is 12.3. The standard InChI is InChI=1S/C11H15NO5S/c1-3-12(8-11(13)14)18(15,16)10-7-5-4-6-9(10)17-2/h4-7H,3,8H2,1-2H3,(H,13,14). The smallest absolute Gasteiger partial charge is 0.318 e. The van der Waals surface area contributed by atoms with Crippen molar-refractivity contribution in [2.24, 2.45) is 0 Å². The summed E-state index contributed by atoms with van der Waals surface area (Å²) in [6.45, 7) is 1.08. The number of ether oxygens (including phenoxy) is 1. The van der Waals surface area contributed by atoms with E-state index in [0.29, 0.717) is 0 Å². The summed E-state index contributed by atoms with van der Waals surface area (Å²) in [4.78, 5) is 10.6. The summed E-state index contributed by atoms with van der Waals surface area (Å²) < 4.78 is 30.4. The first-order chi connectivity index (χ1) is 8.43. The van der Waals surface area contributed by atoms with Crippen LogP contribution in [0.25, 0.3) is 0 Å². The topological polar surface area (TPSA) is 83.9 Å². The minimum absolute atomic E-state index is 0.0319. The molecule has 1 N–H and O–H groups in total. The number of benzene rings is 1. The number of likely N-dealkylation sites (N-methyl/N-ethyl adjacent to an activating group) is 1. The van der Waals surface area contributed by atoms with Crippen molar-refractivity contribution >= 4 is 16.0 Å². The number of rotatable bonds is 6. The number of hydrogen-bond donors (Lipinski definition) is 1. The molecule has 0 aliphatic rings. The Bertz CT molecular complexity index is 526. The first-order valence-electron chi connectivity index (χ1n) is 5.28. The summed E-state index contributed by atoms with van der Waals surface area (Å²) in [6, 6.07) is 6.11. The zero-order chi connectivity index (χ0) is 13.8. The molecule has 0 saturated carbocycles. The fourth-order valence-electron chi connectivity index (χ4n) is 1.49. The third-order valence-electron chi connectivity index (χ3n) is 2.35. The molecule has 1 aromatic rings. The van der Waals surface area contributed by atoms with Gasteiger partial charge in [0.05, 0.1) is 7.11 Å². The minimum Gasteiger partial charge on any atom is -0.495 e. The molecule has 0 fully saturated rings. The molecular weight excluding hydrogens is 258 g/mol. The molecule has 0 radical (unpaired) electrons. The zero-order valence-electron chi connectivity index (χ0n) is 10.2. The number of nitrogens with zero attached hydrogens (tertiary/aromatic N) is 1. The Morgan fingerprint density at radius 2 is 2.00 bits per heavy atom. The van der Waals surface area contributed by atoms with E-state index in [4.69, 9.17) is 9.84 Å². The van der Waals surface area contributed by atoms with Crippen molar-refractivity contribution in [2.45, 2.75) is 11.8 Å². The molecule has 0 unspecified atom stereocenters. The summed E-state index contributed by atoms with van der Waals surface area (Å²) >= 11 is 0. The monoisotopic (exact) mass is 273 g/mol. The molecule has 1 rings (SSSR count). The van der Waals surface area contributed by atoms with Gasteiger partial charge in [0, 0.05) is 6.54 Å². The second-order valence-electron chi connectivity index (χ2n) is 3.48. The van der Waals surface area contributed by atoms with Crippen molar-refractivity contribution in [1.29, 1.82) is 0 Å². The van der Waals surface area contributed by atoms with Crippen LogP contribution in [0.15, 0.2) is 29.2 Å². The Hall–Kier alpha value is -1.60. The second kappa shape index (κ2) is 5.83. The van der Waals surface area contributed by atoms with Crippen molar-refractivity contribution in [3.8, 4) is 5.75 Å². The summed E-state index contributed by atoms with van der Waals surface area (Å²) in [5.41, 5.74) is 0. The number of carboxylic acid groups (broad SMARTS) is 1. The fraction of sp³-hybridized carbons (Fsp3) is 0.364. The molecule has 18 heavy (non-hydrogen) atoms. The van der Waals surface area contributed by atoms with Crippen molar-refractivity contribution in [3.05, 3.63) is 24.3 Å². The molecule has 100 valence electrons. The third-order valence-corrected chi connectivity index (χ3v) is 4.31. The highest BCUT2D eigenvalue weighted by Crippen LogP contribution is 2.25.